The smallest absolute Gasteiger partial charge is 0.155 e. The van der Waals surface area contributed by atoms with Crippen molar-refractivity contribution in [3.8, 4) is 5.75 Å². The fourth-order valence-corrected chi connectivity index (χ4v) is 2.34. The Kier molecular flexibility index (Phi) is 10.8. The van der Waals surface area contributed by atoms with Crippen LogP contribution in [0.15, 0.2) is 0 Å². The number of carbonyl (C=O) groups excluding carboxylic acids is 1. The van der Waals surface area contributed by atoms with Crippen LogP contribution >= 0.6 is 58.0 Å². The molecule has 1 aromatic carbocycles. The number of aliphatic hydroxyl groups excluding tert-OH is 5. The number of hydrogen-bond donors (Lipinski definition) is 6. The van der Waals surface area contributed by atoms with Gasteiger partial charge in [-0.25, -0.2) is 0 Å². The highest BCUT2D eigenvalue weighted by atomic mass is 35.5. The maximum absolute atomic E-state index is 9.90. The summed E-state index contributed by atoms with van der Waals surface area (Å²) in [5.74, 6) is -0.363. The number of aldehydes is 1. The highest BCUT2D eigenvalue weighted by Gasteiger charge is 2.29. The van der Waals surface area contributed by atoms with Crippen molar-refractivity contribution < 1.29 is 35.4 Å². The van der Waals surface area contributed by atoms with Crippen LogP contribution in [0.5, 0.6) is 5.75 Å². The summed E-state index contributed by atoms with van der Waals surface area (Å²) >= 11 is 27.9. The van der Waals surface area contributed by atoms with Gasteiger partial charge in [0.05, 0.1) is 21.7 Å². The van der Waals surface area contributed by atoms with Gasteiger partial charge in [0.15, 0.2) is 12.0 Å². The summed E-state index contributed by atoms with van der Waals surface area (Å²) < 4.78 is 0. The second-order valence-electron chi connectivity index (χ2n) is 4.28. The minimum atomic E-state index is -1.79. The molecule has 0 saturated carbocycles. The van der Waals surface area contributed by atoms with Crippen LogP contribution in [0.3, 0.4) is 0 Å². The average Bonchev–Trinajstić information content (AvgIpc) is 2.60. The number of hydrogen-bond acceptors (Lipinski definition) is 7. The minimum Gasteiger partial charge on any atom is -0.505 e. The number of phenols is 1. The van der Waals surface area contributed by atoms with E-state index in [4.69, 9.17) is 83.5 Å². The maximum Gasteiger partial charge on any atom is 0.155 e. The zero-order chi connectivity index (χ0) is 19.2. The third kappa shape index (κ3) is 6.03. The summed E-state index contributed by atoms with van der Waals surface area (Å²) in [6, 6.07) is 0. The molecule has 0 aliphatic heterocycles. The molecule has 7 nitrogen and oxygen atoms in total. The van der Waals surface area contributed by atoms with Crippen LogP contribution < -0.4 is 0 Å². The van der Waals surface area contributed by atoms with E-state index < -0.39 is 31.0 Å². The predicted octanol–water partition coefficient (Wildman–Crippen LogP) is 1.28. The number of aliphatic hydroxyl groups is 5. The van der Waals surface area contributed by atoms with Gasteiger partial charge in [0.1, 0.15) is 34.5 Å². The van der Waals surface area contributed by atoms with Gasteiger partial charge in [0.2, 0.25) is 0 Å². The molecule has 0 aliphatic carbocycles. The predicted molar refractivity (Wildman–Crippen MR) is 90.3 cm³/mol. The first-order valence-corrected chi connectivity index (χ1v) is 7.88. The van der Waals surface area contributed by atoms with Crippen molar-refractivity contribution >= 4 is 64.3 Å². The number of phenolic OH excluding ortho intramolecular Hbond substituents is 1. The van der Waals surface area contributed by atoms with Gasteiger partial charge in [-0.05, 0) is 0 Å². The standard InChI is InChI=1S/C6HCl5O.C6H12O6/c7-1-2(8)4(10)6(12)5(11)3(1)9;7-1-3(9)5(11)6(12)4(10)2-8/h12H;1,3-6,8-12H,2H2/t;3-,4+,5+,6+/m.0/s1. The highest BCUT2D eigenvalue weighted by Crippen LogP contribution is 2.47. The molecule has 0 aliphatic rings. The van der Waals surface area contributed by atoms with Crippen molar-refractivity contribution in [2.24, 2.45) is 0 Å². The lowest BCUT2D eigenvalue weighted by atomic mass is 10.0. The fraction of sp³-hybridized carbons (Fsp3) is 0.417. The van der Waals surface area contributed by atoms with Crippen LogP contribution in [0, 0.1) is 0 Å². The number of benzene rings is 1. The quantitative estimate of drug-likeness (QED) is 0.228. The third-order valence-corrected chi connectivity index (χ3v) is 4.86. The lowest BCUT2D eigenvalue weighted by Gasteiger charge is -2.22. The van der Waals surface area contributed by atoms with Crippen molar-refractivity contribution in [2.45, 2.75) is 24.4 Å². The molecule has 24 heavy (non-hydrogen) atoms. The molecule has 0 amide bonds. The Morgan fingerprint density at radius 3 is 1.50 bits per heavy atom. The second-order valence-corrected chi connectivity index (χ2v) is 6.17. The lowest BCUT2D eigenvalue weighted by Crippen LogP contribution is -2.46. The summed E-state index contributed by atoms with van der Waals surface area (Å²) in [6.45, 7) is -0.760. The monoisotopic (exact) mass is 444 g/mol. The highest BCUT2D eigenvalue weighted by molar-refractivity contribution is 6.55. The van der Waals surface area contributed by atoms with E-state index in [1.54, 1.807) is 0 Å². The molecule has 0 aromatic heterocycles. The van der Waals surface area contributed by atoms with E-state index in [2.05, 4.69) is 0 Å². The number of halogens is 5. The number of rotatable bonds is 5. The van der Waals surface area contributed by atoms with Crippen molar-refractivity contribution in [3.05, 3.63) is 25.1 Å². The van der Waals surface area contributed by atoms with Gasteiger partial charge in [-0.1, -0.05) is 58.0 Å². The Bertz CT molecular complexity index is 466. The normalized spacial score (nSPS) is 15.8. The molecule has 1 aromatic rings. The topological polar surface area (TPSA) is 138 Å². The lowest BCUT2D eigenvalue weighted by molar-refractivity contribution is -0.136. The molecule has 12 heteroatoms. The van der Waals surface area contributed by atoms with E-state index in [-0.39, 0.29) is 37.1 Å². The third-order valence-electron chi connectivity index (χ3n) is 2.61. The Morgan fingerprint density at radius 2 is 1.17 bits per heavy atom. The van der Waals surface area contributed by atoms with E-state index in [1.165, 1.54) is 0 Å². The van der Waals surface area contributed by atoms with Crippen molar-refractivity contribution in [2.75, 3.05) is 6.61 Å². The Labute approximate surface area is 161 Å². The van der Waals surface area contributed by atoms with Crippen molar-refractivity contribution in [1.29, 1.82) is 0 Å². The summed E-state index contributed by atoms with van der Waals surface area (Å²) in [5, 5.41) is 52.6. The maximum atomic E-state index is 9.90. The van der Waals surface area contributed by atoms with Gasteiger partial charge >= 0.3 is 0 Å². The number of aromatic hydroxyl groups is 1. The van der Waals surface area contributed by atoms with Crippen LogP contribution in [-0.2, 0) is 4.79 Å². The molecule has 6 N–H and O–H groups in total. The van der Waals surface area contributed by atoms with Crippen molar-refractivity contribution in [1.82, 2.24) is 0 Å². The Hall–Kier alpha value is -0.0600. The molecule has 0 radical (unpaired) electrons. The summed E-state index contributed by atoms with van der Waals surface area (Å²) in [7, 11) is 0. The van der Waals surface area contributed by atoms with E-state index in [0.29, 0.717) is 0 Å². The first-order chi connectivity index (χ1) is 11.0. The number of carbonyl (C=O) groups is 1. The molecule has 0 bridgehead atoms. The summed E-state index contributed by atoms with van der Waals surface area (Å²) in [6.07, 6.45) is -6.84. The Morgan fingerprint density at radius 1 is 0.792 bits per heavy atom. The largest absolute Gasteiger partial charge is 0.505 e. The van der Waals surface area contributed by atoms with Crippen LogP contribution in [0.4, 0.5) is 0 Å². The fourth-order valence-electron chi connectivity index (χ4n) is 1.21. The Balaban J connectivity index is 0.000000441. The first kappa shape index (κ1) is 23.9. The van der Waals surface area contributed by atoms with Crippen LogP contribution in [-0.4, -0.2) is 67.9 Å². The minimum absolute atomic E-state index is 0.00904. The molecule has 0 heterocycles. The zero-order valence-electron chi connectivity index (χ0n) is 11.6. The van der Waals surface area contributed by atoms with E-state index in [9.17, 15) is 9.90 Å². The molecule has 0 spiro atoms. The molecular weight excluding hydrogens is 433 g/mol. The van der Waals surface area contributed by atoms with Gasteiger partial charge in [-0.3, -0.25) is 0 Å². The molecule has 0 unspecified atom stereocenters. The van der Waals surface area contributed by atoms with Gasteiger partial charge in [-0.15, -0.1) is 0 Å². The van der Waals surface area contributed by atoms with Gasteiger partial charge in [0.25, 0.3) is 0 Å². The van der Waals surface area contributed by atoms with Gasteiger partial charge in [-0.2, -0.15) is 0 Å². The van der Waals surface area contributed by atoms with E-state index in [0.717, 1.165) is 0 Å². The van der Waals surface area contributed by atoms with E-state index in [1.807, 2.05) is 0 Å². The van der Waals surface area contributed by atoms with Crippen LogP contribution in [0.25, 0.3) is 0 Å². The molecule has 0 fully saturated rings. The molecular formula is C12H13Cl5O7. The SMILES string of the molecule is O=C[C@H](O)[C@@H](O)[C@H](O)[C@H](O)CO.Oc1c(Cl)c(Cl)c(Cl)c(Cl)c1Cl. The average molecular weight is 446 g/mol. The first-order valence-electron chi connectivity index (χ1n) is 5.99. The molecule has 138 valence electrons. The van der Waals surface area contributed by atoms with Crippen molar-refractivity contribution in [3.63, 3.8) is 0 Å². The van der Waals surface area contributed by atoms with E-state index >= 15 is 0 Å². The molecule has 1 rings (SSSR count). The summed E-state index contributed by atoms with van der Waals surface area (Å²) in [4.78, 5) is 9.90. The molecule has 0 saturated heterocycles. The zero-order valence-corrected chi connectivity index (χ0v) is 15.4. The second kappa shape index (κ2) is 10.8. The summed E-state index contributed by atoms with van der Waals surface area (Å²) in [5.41, 5.74) is 0. The molecule has 4 atom stereocenters. The van der Waals surface area contributed by atoms with Gasteiger partial charge in [0, 0.05) is 0 Å². The van der Waals surface area contributed by atoms with Crippen LogP contribution in [0.1, 0.15) is 0 Å². The van der Waals surface area contributed by atoms with Crippen LogP contribution in [0.2, 0.25) is 25.1 Å². The van der Waals surface area contributed by atoms with Gasteiger partial charge < -0.3 is 35.4 Å².